The van der Waals surface area contributed by atoms with Crippen molar-refractivity contribution in [3.63, 3.8) is 0 Å². The smallest absolute Gasteiger partial charge is 0.496 e. The number of allylic oxidation sites excluding steroid dienone is 1. The predicted molar refractivity (Wildman–Crippen MR) is 133 cm³/mol. The average Bonchev–Trinajstić information content (AvgIpc) is 3.21. The number of carbonyl (C=O) groups excluding carboxylic acids is 1. The largest absolute Gasteiger partial charge is 0.573 e. The fourth-order valence-electron chi connectivity index (χ4n) is 4.05. The number of hydrogen-bond donors (Lipinski definition) is 1. The molecule has 8 heteroatoms. The van der Waals surface area contributed by atoms with Gasteiger partial charge in [0.2, 0.25) is 5.91 Å². The normalized spacial score (nSPS) is 12.0. The van der Waals surface area contributed by atoms with Crippen LogP contribution < -0.4 is 14.8 Å². The second-order valence-corrected chi connectivity index (χ2v) is 8.41. The van der Waals surface area contributed by atoms with Crippen molar-refractivity contribution in [1.29, 1.82) is 0 Å². The zero-order valence-electron chi connectivity index (χ0n) is 20.1. The third-order valence-electron chi connectivity index (χ3n) is 5.70. The maximum absolute atomic E-state index is 12.6. The van der Waals surface area contributed by atoms with Crippen LogP contribution in [-0.4, -0.2) is 19.4 Å². The van der Waals surface area contributed by atoms with Gasteiger partial charge in [0.25, 0.3) is 0 Å². The summed E-state index contributed by atoms with van der Waals surface area (Å²) in [5, 5.41) is 3.52. The lowest BCUT2D eigenvalue weighted by Gasteiger charge is -2.11. The van der Waals surface area contributed by atoms with Gasteiger partial charge in [0.1, 0.15) is 17.1 Å². The van der Waals surface area contributed by atoms with E-state index in [9.17, 15) is 18.0 Å². The SMILES string of the molecule is COc1cc2occ(-c3ccc(C)cc3C)c2cc1/C(C)=C/C(=O)Nc1ccc(OC(F)(F)F)cc1. The van der Waals surface area contributed by atoms with Crippen LogP contribution >= 0.6 is 0 Å². The third kappa shape index (κ3) is 5.54. The molecule has 0 bridgehead atoms. The molecule has 0 fully saturated rings. The maximum Gasteiger partial charge on any atom is 0.573 e. The Hall–Kier alpha value is -4.20. The van der Waals surface area contributed by atoms with Gasteiger partial charge >= 0.3 is 6.36 Å². The minimum atomic E-state index is -4.78. The van der Waals surface area contributed by atoms with Gasteiger partial charge in [-0.1, -0.05) is 23.8 Å². The number of aryl methyl sites for hydroxylation is 2. The summed E-state index contributed by atoms with van der Waals surface area (Å²) in [6, 6.07) is 14.8. The zero-order valence-corrected chi connectivity index (χ0v) is 20.1. The molecule has 1 amide bonds. The van der Waals surface area contributed by atoms with E-state index in [4.69, 9.17) is 9.15 Å². The van der Waals surface area contributed by atoms with Crippen molar-refractivity contribution in [2.45, 2.75) is 27.1 Å². The molecule has 0 saturated carbocycles. The molecule has 1 heterocycles. The minimum Gasteiger partial charge on any atom is -0.496 e. The van der Waals surface area contributed by atoms with Gasteiger partial charge in [-0.25, -0.2) is 0 Å². The van der Waals surface area contributed by atoms with Crippen LogP contribution in [-0.2, 0) is 4.79 Å². The van der Waals surface area contributed by atoms with E-state index in [1.807, 2.05) is 26.0 Å². The van der Waals surface area contributed by atoms with Crippen LogP contribution in [0.4, 0.5) is 18.9 Å². The fraction of sp³-hybridized carbons (Fsp3) is 0.179. The maximum atomic E-state index is 12.6. The first kappa shape index (κ1) is 24.9. The summed E-state index contributed by atoms with van der Waals surface area (Å²) >= 11 is 0. The Bertz CT molecular complexity index is 1450. The van der Waals surface area contributed by atoms with Crippen LogP contribution in [0, 0.1) is 13.8 Å². The van der Waals surface area contributed by atoms with Crippen LogP contribution in [0.15, 0.2) is 71.4 Å². The van der Waals surface area contributed by atoms with E-state index in [2.05, 4.69) is 22.2 Å². The molecule has 0 aliphatic rings. The van der Waals surface area contributed by atoms with Crippen molar-refractivity contribution < 1.29 is 31.9 Å². The first-order valence-corrected chi connectivity index (χ1v) is 11.1. The number of methoxy groups -OCH3 is 1. The highest BCUT2D eigenvalue weighted by atomic mass is 19.4. The Morgan fingerprint density at radius 3 is 2.36 bits per heavy atom. The molecule has 36 heavy (non-hydrogen) atoms. The van der Waals surface area contributed by atoms with Gasteiger partial charge in [-0.15, -0.1) is 13.2 Å². The number of benzene rings is 3. The van der Waals surface area contributed by atoms with E-state index in [1.54, 1.807) is 19.3 Å². The van der Waals surface area contributed by atoms with Gasteiger partial charge in [-0.3, -0.25) is 4.79 Å². The molecule has 0 saturated heterocycles. The summed E-state index contributed by atoms with van der Waals surface area (Å²) in [6.45, 7) is 5.86. The first-order valence-electron chi connectivity index (χ1n) is 11.1. The minimum absolute atomic E-state index is 0.327. The summed E-state index contributed by atoms with van der Waals surface area (Å²) in [7, 11) is 1.54. The monoisotopic (exact) mass is 495 g/mol. The summed E-state index contributed by atoms with van der Waals surface area (Å²) in [5.41, 5.74) is 6.60. The molecule has 0 unspecified atom stereocenters. The Morgan fingerprint density at radius 2 is 1.72 bits per heavy atom. The molecule has 0 radical (unpaired) electrons. The van der Waals surface area contributed by atoms with Crippen LogP contribution in [0.1, 0.15) is 23.6 Å². The summed E-state index contributed by atoms with van der Waals surface area (Å²) in [5.74, 6) is -0.273. The van der Waals surface area contributed by atoms with Gasteiger partial charge in [0, 0.05) is 34.3 Å². The van der Waals surface area contributed by atoms with Crippen molar-refractivity contribution in [3.8, 4) is 22.6 Å². The number of alkyl halides is 3. The number of fused-ring (bicyclic) bond motifs is 1. The van der Waals surface area contributed by atoms with Crippen molar-refractivity contribution in [2.75, 3.05) is 12.4 Å². The van der Waals surface area contributed by atoms with Crippen LogP contribution in [0.5, 0.6) is 11.5 Å². The van der Waals surface area contributed by atoms with Crippen LogP contribution in [0.2, 0.25) is 0 Å². The Labute approximate surface area is 206 Å². The molecule has 3 aromatic carbocycles. The third-order valence-corrected chi connectivity index (χ3v) is 5.70. The standard InChI is InChI=1S/C28H24F3NO4/c1-16-5-10-21(17(2)11-16)24-15-35-26-14-25(34-4)22(13-23(24)26)18(3)12-27(33)32-19-6-8-20(9-7-19)36-28(29,30)31/h5-15H,1-4H3,(H,32,33)/b18-12+. The average molecular weight is 495 g/mol. The number of hydrogen-bond acceptors (Lipinski definition) is 4. The number of amides is 1. The second-order valence-electron chi connectivity index (χ2n) is 8.41. The number of furan rings is 1. The molecule has 0 spiro atoms. The highest BCUT2D eigenvalue weighted by molar-refractivity contribution is 6.05. The molecule has 186 valence electrons. The molecule has 0 aliphatic heterocycles. The zero-order chi connectivity index (χ0) is 26.0. The first-order chi connectivity index (χ1) is 17.0. The van der Waals surface area contributed by atoms with Gasteiger partial charge in [0.15, 0.2) is 0 Å². The molecular weight excluding hydrogens is 471 g/mol. The van der Waals surface area contributed by atoms with E-state index in [0.717, 1.165) is 34.2 Å². The molecule has 0 aliphatic carbocycles. The highest BCUT2D eigenvalue weighted by Gasteiger charge is 2.31. The summed E-state index contributed by atoms with van der Waals surface area (Å²) < 4.78 is 52.2. The van der Waals surface area contributed by atoms with Crippen molar-refractivity contribution in [2.24, 2.45) is 0 Å². The van der Waals surface area contributed by atoms with Gasteiger partial charge < -0.3 is 19.2 Å². The predicted octanol–water partition coefficient (Wildman–Crippen LogP) is 7.67. The summed E-state index contributed by atoms with van der Waals surface area (Å²) in [4.78, 5) is 12.6. The number of carbonyl (C=O) groups is 1. The molecule has 5 nitrogen and oxygen atoms in total. The van der Waals surface area contributed by atoms with Crippen molar-refractivity contribution in [1.82, 2.24) is 0 Å². The number of anilines is 1. The van der Waals surface area contributed by atoms with E-state index in [0.29, 0.717) is 28.2 Å². The Balaban J connectivity index is 1.62. The van der Waals surface area contributed by atoms with Gasteiger partial charge in [-0.05, 0) is 67.8 Å². The molecule has 4 rings (SSSR count). The number of rotatable bonds is 6. The van der Waals surface area contributed by atoms with Gasteiger partial charge in [-0.2, -0.15) is 0 Å². The van der Waals surface area contributed by atoms with E-state index < -0.39 is 12.3 Å². The highest BCUT2D eigenvalue weighted by Crippen LogP contribution is 2.38. The lowest BCUT2D eigenvalue weighted by Crippen LogP contribution is -2.17. The van der Waals surface area contributed by atoms with E-state index in [-0.39, 0.29) is 5.75 Å². The van der Waals surface area contributed by atoms with Crippen LogP contribution in [0.3, 0.4) is 0 Å². The Kier molecular flexibility index (Phi) is 6.79. The number of nitrogens with one attached hydrogen (secondary N) is 1. The lowest BCUT2D eigenvalue weighted by atomic mass is 9.96. The van der Waals surface area contributed by atoms with E-state index >= 15 is 0 Å². The van der Waals surface area contributed by atoms with Crippen molar-refractivity contribution in [3.05, 3.63) is 83.6 Å². The molecule has 1 aromatic heterocycles. The Morgan fingerprint density at radius 1 is 1.00 bits per heavy atom. The molecule has 0 atom stereocenters. The number of ether oxygens (including phenoxy) is 2. The number of halogens is 3. The fourth-order valence-corrected chi connectivity index (χ4v) is 4.05. The summed E-state index contributed by atoms with van der Waals surface area (Å²) in [6.07, 6.45) is -1.66. The topological polar surface area (TPSA) is 60.7 Å². The molecule has 1 N–H and O–H groups in total. The lowest BCUT2D eigenvalue weighted by molar-refractivity contribution is -0.274. The quantitative estimate of drug-likeness (QED) is 0.279. The van der Waals surface area contributed by atoms with E-state index in [1.165, 1.54) is 30.9 Å². The molecular formula is C28H24F3NO4. The second kappa shape index (κ2) is 9.81. The van der Waals surface area contributed by atoms with Crippen LogP contribution in [0.25, 0.3) is 27.7 Å². The molecule has 4 aromatic rings. The van der Waals surface area contributed by atoms with Gasteiger partial charge in [0.05, 0.1) is 13.4 Å². The van der Waals surface area contributed by atoms with Crippen molar-refractivity contribution >= 4 is 28.1 Å².